The van der Waals surface area contributed by atoms with Crippen LogP contribution in [0, 0.1) is 11.8 Å². The van der Waals surface area contributed by atoms with Gasteiger partial charge in [0.1, 0.15) is 5.75 Å². The molecule has 1 aliphatic rings. The van der Waals surface area contributed by atoms with Gasteiger partial charge in [-0.2, -0.15) is 4.98 Å². The molecule has 1 aromatic carbocycles. The number of carbonyl (C=O) groups excluding carboxylic acids is 1. The zero-order chi connectivity index (χ0) is 20.8. The lowest BCUT2D eigenvalue weighted by Crippen LogP contribution is -2.46. The standard InChI is InChI=1S/C21H30N4O4/c1-14(2)18(10-13-26)22-20(27)16-8-11-25(12-9-16)21-23-19(24-29-21)15-4-6-17(28-3)7-5-15/h4-7,14,16,18,26H,8-13H2,1-3H3,(H,22,27). The molecule has 1 saturated heterocycles. The maximum Gasteiger partial charge on any atom is 0.324 e. The molecular weight excluding hydrogens is 372 g/mol. The summed E-state index contributed by atoms with van der Waals surface area (Å²) in [4.78, 5) is 19.1. The van der Waals surface area contributed by atoms with Gasteiger partial charge in [-0.1, -0.05) is 19.0 Å². The van der Waals surface area contributed by atoms with E-state index >= 15 is 0 Å². The summed E-state index contributed by atoms with van der Waals surface area (Å²) in [6.07, 6.45) is 2.05. The predicted octanol–water partition coefficient (Wildman–Crippen LogP) is 2.48. The first-order valence-corrected chi connectivity index (χ1v) is 10.2. The summed E-state index contributed by atoms with van der Waals surface area (Å²) in [6.45, 7) is 5.57. The lowest BCUT2D eigenvalue weighted by molar-refractivity contribution is -0.126. The summed E-state index contributed by atoms with van der Waals surface area (Å²) in [5.41, 5.74) is 0.860. The number of nitrogens with one attached hydrogen (secondary N) is 1. The van der Waals surface area contributed by atoms with Crippen molar-refractivity contribution in [2.24, 2.45) is 11.8 Å². The first-order chi connectivity index (χ1) is 14.0. The summed E-state index contributed by atoms with van der Waals surface area (Å²) in [5.74, 6) is 1.64. The SMILES string of the molecule is COc1ccc(-c2noc(N3CCC(C(=O)NC(CCO)C(C)C)CC3)n2)cc1. The summed E-state index contributed by atoms with van der Waals surface area (Å²) < 4.78 is 10.6. The average molecular weight is 402 g/mol. The van der Waals surface area contributed by atoms with Gasteiger partial charge >= 0.3 is 6.01 Å². The highest BCUT2D eigenvalue weighted by Gasteiger charge is 2.29. The van der Waals surface area contributed by atoms with Crippen molar-refractivity contribution in [1.82, 2.24) is 15.5 Å². The number of hydrogen-bond donors (Lipinski definition) is 2. The highest BCUT2D eigenvalue weighted by Crippen LogP contribution is 2.26. The number of carbonyl (C=O) groups is 1. The molecule has 1 aliphatic heterocycles. The third-order valence-electron chi connectivity index (χ3n) is 5.47. The second-order valence-electron chi connectivity index (χ2n) is 7.76. The Morgan fingerprint density at radius 3 is 2.59 bits per heavy atom. The minimum Gasteiger partial charge on any atom is -0.497 e. The topological polar surface area (TPSA) is 101 Å². The summed E-state index contributed by atoms with van der Waals surface area (Å²) in [5, 5.41) is 16.4. The molecular formula is C21H30N4O4. The van der Waals surface area contributed by atoms with E-state index in [-0.39, 0.29) is 24.5 Å². The van der Waals surface area contributed by atoms with Gasteiger partial charge < -0.3 is 24.6 Å². The maximum atomic E-state index is 12.6. The highest BCUT2D eigenvalue weighted by molar-refractivity contribution is 5.79. The third-order valence-corrected chi connectivity index (χ3v) is 5.47. The van der Waals surface area contributed by atoms with Crippen LogP contribution in [0.3, 0.4) is 0 Å². The number of ether oxygens (including phenoxy) is 1. The van der Waals surface area contributed by atoms with Crippen LogP contribution in [0.15, 0.2) is 28.8 Å². The van der Waals surface area contributed by atoms with Crippen molar-refractivity contribution in [3.63, 3.8) is 0 Å². The predicted molar refractivity (Wildman–Crippen MR) is 110 cm³/mol. The maximum absolute atomic E-state index is 12.6. The Balaban J connectivity index is 1.55. The molecule has 1 aromatic heterocycles. The lowest BCUT2D eigenvalue weighted by Gasteiger charge is -2.31. The van der Waals surface area contributed by atoms with Crippen molar-refractivity contribution in [3.8, 4) is 17.1 Å². The third kappa shape index (κ3) is 5.26. The Labute approximate surface area is 171 Å². The summed E-state index contributed by atoms with van der Waals surface area (Å²) in [7, 11) is 1.63. The van der Waals surface area contributed by atoms with Gasteiger partial charge in [0.05, 0.1) is 7.11 Å². The molecule has 8 heteroatoms. The molecule has 2 aromatic rings. The van der Waals surface area contributed by atoms with E-state index in [2.05, 4.69) is 29.3 Å². The molecule has 3 rings (SSSR count). The van der Waals surface area contributed by atoms with Gasteiger partial charge in [0.25, 0.3) is 0 Å². The van der Waals surface area contributed by atoms with Crippen LogP contribution >= 0.6 is 0 Å². The number of nitrogens with zero attached hydrogens (tertiary/aromatic N) is 3. The molecule has 0 saturated carbocycles. The number of benzene rings is 1. The number of aliphatic hydroxyl groups is 1. The number of amides is 1. The number of methoxy groups -OCH3 is 1. The molecule has 0 spiro atoms. The fourth-order valence-electron chi connectivity index (χ4n) is 3.55. The molecule has 0 aliphatic carbocycles. The molecule has 1 unspecified atom stereocenters. The molecule has 1 fully saturated rings. The first kappa shape index (κ1) is 21.1. The Morgan fingerprint density at radius 2 is 2.00 bits per heavy atom. The highest BCUT2D eigenvalue weighted by atomic mass is 16.5. The Kier molecular flexibility index (Phi) is 7.09. The van der Waals surface area contributed by atoms with Gasteiger partial charge in [0, 0.05) is 37.2 Å². The van der Waals surface area contributed by atoms with Gasteiger partial charge in [-0.3, -0.25) is 4.79 Å². The Bertz CT molecular complexity index is 782. The number of aliphatic hydroxyl groups excluding tert-OH is 1. The Hall–Kier alpha value is -2.61. The van der Waals surface area contributed by atoms with Gasteiger partial charge in [0.2, 0.25) is 11.7 Å². The van der Waals surface area contributed by atoms with Crippen molar-refractivity contribution in [1.29, 1.82) is 0 Å². The quantitative estimate of drug-likeness (QED) is 0.699. The zero-order valence-corrected chi connectivity index (χ0v) is 17.3. The van der Waals surface area contributed by atoms with Crippen molar-refractivity contribution >= 4 is 11.9 Å². The van der Waals surface area contributed by atoms with E-state index in [1.165, 1.54) is 0 Å². The average Bonchev–Trinajstić information content (AvgIpc) is 3.23. The molecule has 0 bridgehead atoms. The number of aromatic nitrogens is 2. The van der Waals surface area contributed by atoms with E-state index in [0.717, 1.165) is 24.2 Å². The van der Waals surface area contributed by atoms with E-state index in [0.29, 0.717) is 37.3 Å². The number of anilines is 1. The molecule has 29 heavy (non-hydrogen) atoms. The van der Waals surface area contributed by atoms with Crippen LogP contribution in [0.25, 0.3) is 11.4 Å². The van der Waals surface area contributed by atoms with E-state index in [1.54, 1.807) is 7.11 Å². The fourth-order valence-corrected chi connectivity index (χ4v) is 3.55. The van der Waals surface area contributed by atoms with Gasteiger partial charge in [-0.05, 0) is 49.4 Å². The number of hydrogen-bond acceptors (Lipinski definition) is 7. The molecule has 2 heterocycles. The van der Waals surface area contributed by atoms with Gasteiger partial charge in [-0.25, -0.2) is 0 Å². The van der Waals surface area contributed by atoms with Crippen LogP contribution < -0.4 is 15.0 Å². The van der Waals surface area contributed by atoms with E-state index in [1.807, 2.05) is 29.2 Å². The van der Waals surface area contributed by atoms with E-state index < -0.39 is 0 Å². The monoisotopic (exact) mass is 402 g/mol. The van der Waals surface area contributed by atoms with Crippen molar-refractivity contribution in [3.05, 3.63) is 24.3 Å². The van der Waals surface area contributed by atoms with Crippen LogP contribution in [-0.4, -0.2) is 54.0 Å². The first-order valence-electron chi connectivity index (χ1n) is 10.2. The number of piperidine rings is 1. The fraction of sp³-hybridized carbons (Fsp3) is 0.571. The van der Waals surface area contributed by atoms with Crippen LogP contribution in [0.5, 0.6) is 5.75 Å². The van der Waals surface area contributed by atoms with Crippen molar-refractivity contribution < 1.29 is 19.2 Å². The smallest absolute Gasteiger partial charge is 0.324 e. The number of rotatable bonds is 8. The zero-order valence-electron chi connectivity index (χ0n) is 17.3. The molecule has 2 N–H and O–H groups in total. The van der Waals surface area contributed by atoms with Gasteiger partial charge in [-0.15, -0.1) is 0 Å². The van der Waals surface area contributed by atoms with Crippen LogP contribution in [0.1, 0.15) is 33.1 Å². The van der Waals surface area contributed by atoms with Crippen LogP contribution in [0.2, 0.25) is 0 Å². The molecule has 8 nitrogen and oxygen atoms in total. The molecule has 1 atom stereocenters. The van der Waals surface area contributed by atoms with Gasteiger partial charge in [0.15, 0.2) is 0 Å². The minimum absolute atomic E-state index is 0.00789. The molecule has 158 valence electrons. The van der Waals surface area contributed by atoms with Crippen molar-refractivity contribution in [2.75, 3.05) is 31.7 Å². The second kappa shape index (κ2) is 9.73. The molecule has 0 radical (unpaired) electrons. The van der Waals surface area contributed by atoms with E-state index in [4.69, 9.17) is 9.26 Å². The largest absolute Gasteiger partial charge is 0.497 e. The lowest BCUT2D eigenvalue weighted by atomic mass is 9.94. The Morgan fingerprint density at radius 1 is 1.31 bits per heavy atom. The second-order valence-corrected chi connectivity index (χ2v) is 7.76. The van der Waals surface area contributed by atoms with Crippen molar-refractivity contribution in [2.45, 2.75) is 39.2 Å². The normalized spacial score (nSPS) is 16.1. The molecule has 1 amide bonds. The summed E-state index contributed by atoms with van der Waals surface area (Å²) in [6, 6.07) is 7.99. The van der Waals surface area contributed by atoms with E-state index in [9.17, 15) is 9.90 Å². The summed E-state index contributed by atoms with van der Waals surface area (Å²) >= 11 is 0. The van der Waals surface area contributed by atoms with Crippen LogP contribution in [0.4, 0.5) is 6.01 Å². The van der Waals surface area contributed by atoms with Crippen LogP contribution in [-0.2, 0) is 4.79 Å². The minimum atomic E-state index is -0.0322.